The van der Waals surface area contributed by atoms with Gasteiger partial charge in [-0.2, -0.15) is 0 Å². The second-order valence-corrected chi connectivity index (χ2v) is 2.93. The molecule has 0 unspecified atom stereocenters. The second-order valence-electron chi connectivity index (χ2n) is 2.93. The zero-order valence-electron chi connectivity index (χ0n) is 7.31. The molecule has 1 N–H and O–H groups in total. The Bertz CT molecular complexity index is 406. The van der Waals surface area contributed by atoms with E-state index in [-0.39, 0.29) is 5.88 Å². The highest BCUT2D eigenvalue weighted by Gasteiger charge is 2.03. The van der Waals surface area contributed by atoms with Crippen LogP contribution in [0.4, 0.5) is 0 Å². The molecule has 0 aromatic carbocycles. The molecule has 0 aliphatic heterocycles. The maximum absolute atomic E-state index is 9.51. The van der Waals surface area contributed by atoms with Crippen molar-refractivity contribution in [3.8, 4) is 11.7 Å². The number of aryl methyl sites for hydroxylation is 1. The van der Waals surface area contributed by atoms with E-state index in [1.54, 1.807) is 16.8 Å². The quantitative estimate of drug-likeness (QED) is 0.716. The highest BCUT2D eigenvalue weighted by Crippen LogP contribution is 2.18. The number of hydrogen-bond acceptors (Lipinski definition) is 2. The van der Waals surface area contributed by atoms with Gasteiger partial charge in [0.15, 0.2) is 5.88 Å². The van der Waals surface area contributed by atoms with Gasteiger partial charge in [-0.25, -0.2) is 4.98 Å². The summed E-state index contributed by atoms with van der Waals surface area (Å²) in [4.78, 5) is 4.13. The van der Waals surface area contributed by atoms with Crippen molar-refractivity contribution in [1.29, 1.82) is 0 Å². The first-order valence-corrected chi connectivity index (χ1v) is 4.07. The molecule has 0 bridgehead atoms. The maximum atomic E-state index is 9.51. The van der Waals surface area contributed by atoms with E-state index in [4.69, 9.17) is 0 Å². The van der Waals surface area contributed by atoms with Crippen LogP contribution in [-0.4, -0.2) is 14.7 Å². The summed E-state index contributed by atoms with van der Waals surface area (Å²) in [5, 5.41) is 9.51. The molecule has 3 nitrogen and oxygen atoms in total. The predicted molar refractivity (Wildman–Crippen MR) is 50.0 cm³/mol. The third-order valence-electron chi connectivity index (χ3n) is 1.83. The number of aromatic hydroxyl groups is 1. The Kier molecular flexibility index (Phi) is 1.77. The Morgan fingerprint density at radius 1 is 1.38 bits per heavy atom. The molecule has 3 heteroatoms. The van der Waals surface area contributed by atoms with Gasteiger partial charge >= 0.3 is 0 Å². The molecule has 0 aliphatic rings. The molecule has 0 saturated carbocycles. The first kappa shape index (κ1) is 7.86. The molecule has 66 valence electrons. The van der Waals surface area contributed by atoms with Gasteiger partial charge in [-0.05, 0) is 24.6 Å². The Morgan fingerprint density at radius 3 is 2.77 bits per heavy atom. The van der Waals surface area contributed by atoms with E-state index in [0.717, 1.165) is 11.4 Å². The molecule has 0 amide bonds. The van der Waals surface area contributed by atoms with Crippen molar-refractivity contribution in [2.24, 2.45) is 0 Å². The van der Waals surface area contributed by atoms with Crippen molar-refractivity contribution in [1.82, 2.24) is 9.55 Å². The Morgan fingerprint density at radius 2 is 2.23 bits per heavy atom. The molecule has 2 rings (SSSR count). The van der Waals surface area contributed by atoms with Crippen molar-refractivity contribution in [2.75, 3.05) is 0 Å². The van der Waals surface area contributed by atoms with E-state index in [0.29, 0.717) is 0 Å². The molecule has 0 aliphatic carbocycles. The van der Waals surface area contributed by atoms with Crippen LogP contribution in [0.25, 0.3) is 5.82 Å². The summed E-state index contributed by atoms with van der Waals surface area (Å²) < 4.78 is 1.65. The summed E-state index contributed by atoms with van der Waals surface area (Å²) in [7, 11) is 0. The van der Waals surface area contributed by atoms with Gasteiger partial charge in [0.2, 0.25) is 0 Å². The number of rotatable bonds is 1. The minimum Gasteiger partial charge on any atom is -0.494 e. The summed E-state index contributed by atoms with van der Waals surface area (Å²) >= 11 is 0. The monoisotopic (exact) mass is 174 g/mol. The maximum Gasteiger partial charge on any atom is 0.197 e. The predicted octanol–water partition coefficient (Wildman–Crippen LogP) is 1.89. The van der Waals surface area contributed by atoms with Gasteiger partial charge in [-0.3, -0.25) is 4.57 Å². The first-order chi connectivity index (χ1) is 6.27. The van der Waals surface area contributed by atoms with Gasteiger partial charge in [0.1, 0.15) is 5.82 Å². The highest BCUT2D eigenvalue weighted by molar-refractivity contribution is 5.33. The second kappa shape index (κ2) is 2.94. The van der Waals surface area contributed by atoms with Gasteiger partial charge in [-0.15, -0.1) is 0 Å². The topological polar surface area (TPSA) is 38.0 Å². The molecule has 0 radical (unpaired) electrons. The highest BCUT2D eigenvalue weighted by atomic mass is 16.3. The van der Waals surface area contributed by atoms with Crippen LogP contribution in [0.2, 0.25) is 0 Å². The molecular formula is C10H10N2O. The summed E-state index contributed by atoms with van der Waals surface area (Å²) in [5.74, 6) is 0.948. The number of hydrogen-bond donors (Lipinski definition) is 1. The molecule has 0 fully saturated rings. The molecule has 0 spiro atoms. The van der Waals surface area contributed by atoms with Crippen LogP contribution >= 0.6 is 0 Å². The van der Waals surface area contributed by atoms with Gasteiger partial charge in [0, 0.05) is 18.5 Å². The van der Waals surface area contributed by atoms with Crippen molar-refractivity contribution in [2.45, 2.75) is 6.92 Å². The lowest BCUT2D eigenvalue weighted by atomic mass is 10.4. The average Bonchev–Trinajstić information content (AvgIpc) is 2.47. The summed E-state index contributed by atoms with van der Waals surface area (Å²) in [6.07, 6.45) is 3.54. The lowest BCUT2D eigenvalue weighted by Crippen LogP contribution is -1.93. The van der Waals surface area contributed by atoms with Crippen LogP contribution < -0.4 is 0 Å². The van der Waals surface area contributed by atoms with Crippen LogP contribution in [0.3, 0.4) is 0 Å². The fourth-order valence-electron chi connectivity index (χ4n) is 1.26. The number of nitrogens with zero attached hydrogens (tertiary/aromatic N) is 2. The molecule has 2 aromatic heterocycles. The molecular weight excluding hydrogens is 164 g/mol. The van der Waals surface area contributed by atoms with Crippen LogP contribution in [0.5, 0.6) is 5.88 Å². The minimum atomic E-state index is 0.219. The normalized spacial score (nSPS) is 10.2. The summed E-state index contributed by atoms with van der Waals surface area (Å²) in [5.41, 5.74) is 1.02. The number of aromatic nitrogens is 2. The molecule has 2 heterocycles. The third-order valence-corrected chi connectivity index (χ3v) is 1.83. The lowest BCUT2D eigenvalue weighted by molar-refractivity contribution is 0.441. The van der Waals surface area contributed by atoms with Gasteiger partial charge in [0.05, 0.1) is 0 Å². The van der Waals surface area contributed by atoms with E-state index >= 15 is 0 Å². The van der Waals surface area contributed by atoms with E-state index in [9.17, 15) is 5.11 Å². The molecule has 13 heavy (non-hydrogen) atoms. The van der Waals surface area contributed by atoms with Gasteiger partial charge in [-0.1, -0.05) is 6.07 Å². The molecule has 0 atom stereocenters. The standard InChI is InChI=1S/C10H10N2O/c1-8-6-10(13)12(7-8)9-4-2-3-5-11-9/h2-7,13H,1H3. The first-order valence-electron chi connectivity index (χ1n) is 4.07. The SMILES string of the molecule is Cc1cc(O)n(-c2ccccn2)c1. The van der Waals surface area contributed by atoms with Crippen LogP contribution in [0, 0.1) is 6.92 Å². The third kappa shape index (κ3) is 1.40. The van der Waals surface area contributed by atoms with Crippen molar-refractivity contribution in [3.05, 3.63) is 42.2 Å². The van der Waals surface area contributed by atoms with E-state index in [1.165, 1.54) is 0 Å². The summed E-state index contributed by atoms with van der Waals surface area (Å²) in [6.45, 7) is 1.93. The minimum absolute atomic E-state index is 0.219. The fourth-order valence-corrected chi connectivity index (χ4v) is 1.26. The lowest BCUT2D eigenvalue weighted by Gasteiger charge is -2.01. The van der Waals surface area contributed by atoms with Gasteiger partial charge in [0.25, 0.3) is 0 Å². The zero-order valence-corrected chi connectivity index (χ0v) is 7.31. The van der Waals surface area contributed by atoms with Gasteiger partial charge < -0.3 is 5.11 Å². The number of pyridine rings is 1. The largest absolute Gasteiger partial charge is 0.494 e. The Labute approximate surface area is 76.3 Å². The smallest absolute Gasteiger partial charge is 0.197 e. The molecule has 2 aromatic rings. The van der Waals surface area contributed by atoms with Crippen LogP contribution in [0.15, 0.2) is 36.7 Å². The summed E-state index contributed by atoms with van der Waals surface area (Å²) in [6, 6.07) is 7.28. The van der Waals surface area contributed by atoms with Crippen molar-refractivity contribution in [3.63, 3.8) is 0 Å². The van der Waals surface area contributed by atoms with Crippen LogP contribution in [-0.2, 0) is 0 Å². The Balaban J connectivity index is 2.53. The average molecular weight is 174 g/mol. The fraction of sp³-hybridized carbons (Fsp3) is 0.100. The van der Waals surface area contributed by atoms with E-state index in [2.05, 4.69) is 4.98 Å². The molecule has 0 saturated heterocycles. The van der Waals surface area contributed by atoms with E-state index in [1.807, 2.05) is 31.3 Å². The van der Waals surface area contributed by atoms with E-state index < -0.39 is 0 Å². The van der Waals surface area contributed by atoms with Crippen LogP contribution in [0.1, 0.15) is 5.56 Å². The van der Waals surface area contributed by atoms with Crippen molar-refractivity contribution < 1.29 is 5.11 Å². The van der Waals surface area contributed by atoms with Crippen molar-refractivity contribution >= 4 is 0 Å². The zero-order chi connectivity index (χ0) is 9.26. The Hall–Kier alpha value is -1.77.